The summed E-state index contributed by atoms with van der Waals surface area (Å²) in [5, 5.41) is 20.1. The van der Waals surface area contributed by atoms with Crippen molar-refractivity contribution in [2.45, 2.75) is 39.5 Å². The number of phenolic OH excluding ortho intramolecular Hbond substituents is 1. The number of nitrogens with zero attached hydrogens (tertiary/aromatic N) is 3. The number of rotatable bonds is 5. The smallest absolute Gasteiger partial charge is 0.119 e. The Morgan fingerprint density at radius 2 is 1.24 bits per heavy atom. The second-order valence-electron chi connectivity index (χ2n) is 9.21. The normalized spacial score (nSPS) is 13.2. The molecule has 0 saturated carbocycles. The lowest BCUT2D eigenvalue weighted by molar-refractivity contribution is 0.465. The molecule has 5 rings (SSSR count). The zero-order valence-electron chi connectivity index (χ0n) is 20.0. The van der Waals surface area contributed by atoms with Gasteiger partial charge in [0.05, 0.1) is 5.69 Å². The topological polar surface area (TPSA) is 50.9 Å². The molecule has 4 heteroatoms. The molecule has 1 heterocycles. The fourth-order valence-electron chi connectivity index (χ4n) is 4.57. The number of aromatic nitrogens is 3. The Balaban J connectivity index is 1.64. The highest BCUT2D eigenvalue weighted by molar-refractivity contribution is 5.73. The predicted molar refractivity (Wildman–Crippen MR) is 138 cm³/mol. The van der Waals surface area contributed by atoms with Gasteiger partial charge in [-0.05, 0) is 60.4 Å². The highest BCUT2D eigenvalue weighted by Crippen LogP contribution is 2.36. The summed E-state index contributed by atoms with van der Waals surface area (Å²) in [4.78, 5) is 1.75. The summed E-state index contributed by atoms with van der Waals surface area (Å²) in [5.41, 5.74) is 9.48. The van der Waals surface area contributed by atoms with Crippen LogP contribution in [-0.2, 0) is 0 Å². The standard InChI is InChI=1S/C30H29N3O/c1-19-9-12-23(13-10-19)21(3)26-18-24(22(4)25-15-11-20(2)17-30(25)34)14-16-29(26)33-31-27-7-5-6-8-28(27)32-33/h5-18,21-22,34H,1-4H3. The molecule has 1 N–H and O–H groups in total. The minimum absolute atomic E-state index is 0.0447. The van der Waals surface area contributed by atoms with Gasteiger partial charge in [-0.3, -0.25) is 0 Å². The minimum atomic E-state index is 0.0447. The van der Waals surface area contributed by atoms with Crippen molar-refractivity contribution >= 4 is 11.0 Å². The number of benzene rings is 4. The maximum Gasteiger partial charge on any atom is 0.119 e. The third kappa shape index (κ3) is 4.08. The molecular formula is C30H29N3O. The van der Waals surface area contributed by atoms with Gasteiger partial charge in [0.2, 0.25) is 0 Å². The summed E-state index contributed by atoms with van der Waals surface area (Å²) in [5.74, 6) is 0.524. The van der Waals surface area contributed by atoms with Crippen molar-refractivity contribution in [3.05, 3.63) is 118 Å². The van der Waals surface area contributed by atoms with Crippen molar-refractivity contribution in [3.8, 4) is 11.4 Å². The molecular weight excluding hydrogens is 418 g/mol. The molecule has 0 spiro atoms. The van der Waals surface area contributed by atoms with E-state index >= 15 is 0 Å². The first-order chi connectivity index (χ1) is 16.4. The highest BCUT2D eigenvalue weighted by Gasteiger charge is 2.20. The van der Waals surface area contributed by atoms with Crippen LogP contribution in [0.2, 0.25) is 0 Å². The molecule has 0 aliphatic carbocycles. The third-order valence-corrected chi connectivity index (χ3v) is 6.75. The van der Waals surface area contributed by atoms with E-state index in [0.717, 1.165) is 39.0 Å². The molecule has 0 radical (unpaired) electrons. The Bertz CT molecular complexity index is 1430. The Kier molecular flexibility index (Phi) is 5.66. The molecule has 0 aliphatic rings. The summed E-state index contributed by atoms with van der Waals surface area (Å²) in [6, 6.07) is 29.0. The van der Waals surface area contributed by atoms with Crippen LogP contribution in [0.15, 0.2) is 84.9 Å². The monoisotopic (exact) mass is 447 g/mol. The molecule has 0 fully saturated rings. The minimum Gasteiger partial charge on any atom is -0.508 e. The molecule has 4 nitrogen and oxygen atoms in total. The van der Waals surface area contributed by atoms with E-state index in [0.29, 0.717) is 5.75 Å². The Hall–Kier alpha value is -3.92. The lowest BCUT2D eigenvalue weighted by atomic mass is 9.86. The van der Waals surface area contributed by atoms with E-state index < -0.39 is 0 Å². The van der Waals surface area contributed by atoms with Gasteiger partial charge in [-0.1, -0.05) is 80.1 Å². The number of aromatic hydroxyl groups is 1. The van der Waals surface area contributed by atoms with Crippen LogP contribution < -0.4 is 0 Å². The van der Waals surface area contributed by atoms with E-state index in [1.54, 1.807) is 4.80 Å². The van der Waals surface area contributed by atoms with Gasteiger partial charge in [0, 0.05) is 17.4 Å². The number of hydrogen-bond donors (Lipinski definition) is 1. The summed E-state index contributed by atoms with van der Waals surface area (Å²) < 4.78 is 0. The van der Waals surface area contributed by atoms with Crippen LogP contribution in [0.25, 0.3) is 16.7 Å². The van der Waals surface area contributed by atoms with Gasteiger partial charge in [0.25, 0.3) is 0 Å². The van der Waals surface area contributed by atoms with Crippen molar-refractivity contribution in [2.24, 2.45) is 0 Å². The lowest BCUT2D eigenvalue weighted by Crippen LogP contribution is -2.09. The Morgan fingerprint density at radius 1 is 0.647 bits per heavy atom. The molecule has 0 aliphatic heterocycles. The Labute approximate surface area is 200 Å². The number of aryl methyl sites for hydroxylation is 2. The fourth-order valence-corrected chi connectivity index (χ4v) is 4.57. The molecule has 2 unspecified atom stereocenters. The van der Waals surface area contributed by atoms with Crippen LogP contribution in [0.5, 0.6) is 5.75 Å². The van der Waals surface area contributed by atoms with Crippen molar-refractivity contribution in [3.63, 3.8) is 0 Å². The average Bonchev–Trinajstić information content (AvgIpc) is 3.27. The van der Waals surface area contributed by atoms with E-state index in [1.807, 2.05) is 43.3 Å². The van der Waals surface area contributed by atoms with E-state index in [4.69, 9.17) is 10.2 Å². The molecule has 4 aromatic carbocycles. The van der Waals surface area contributed by atoms with Crippen molar-refractivity contribution < 1.29 is 5.11 Å². The van der Waals surface area contributed by atoms with Crippen LogP contribution in [0.1, 0.15) is 59.1 Å². The molecule has 5 aromatic rings. The first kappa shape index (κ1) is 21.9. The van der Waals surface area contributed by atoms with Crippen LogP contribution in [0, 0.1) is 13.8 Å². The first-order valence-electron chi connectivity index (χ1n) is 11.7. The van der Waals surface area contributed by atoms with Crippen molar-refractivity contribution in [1.82, 2.24) is 15.0 Å². The number of fused-ring (bicyclic) bond motifs is 1. The zero-order valence-corrected chi connectivity index (χ0v) is 20.0. The van der Waals surface area contributed by atoms with Crippen LogP contribution in [0.4, 0.5) is 0 Å². The van der Waals surface area contributed by atoms with Gasteiger partial charge < -0.3 is 5.11 Å². The summed E-state index contributed by atoms with van der Waals surface area (Å²) in [6.45, 7) is 8.46. The van der Waals surface area contributed by atoms with Crippen molar-refractivity contribution in [2.75, 3.05) is 0 Å². The molecule has 0 amide bonds. The zero-order chi connectivity index (χ0) is 23.8. The SMILES string of the molecule is Cc1ccc(C(C)c2cc(C(C)c3ccc(C)cc3O)ccc2-n2nc3ccccc3n2)cc1. The van der Waals surface area contributed by atoms with Gasteiger partial charge in [0.15, 0.2) is 0 Å². The number of hydrogen-bond acceptors (Lipinski definition) is 3. The third-order valence-electron chi connectivity index (χ3n) is 6.75. The molecule has 0 bridgehead atoms. The maximum atomic E-state index is 10.6. The second-order valence-corrected chi connectivity index (χ2v) is 9.21. The van der Waals surface area contributed by atoms with Crippen LogP contribution in [0.3, 0.4) is 0 Å². The average molecular weight is 448 g/mol. The molecule has 34 heavy (non-hydrogen) atoms. The number of phenols is 1. The van der Waals surface area contributed by atoms with E-state index in [9.17, 15) is 5.11 Å². The van der Waals surface area contributed by atoms with E-state index in [-0.39, 0.29) is 11.8 Å². The lowest BCUT2D eigenvalue weighted by Gasteiger charge is -2.21. The molecule has 2 atom stereocenters. The van der Waals surface area contributed by atoms with E-state index in [2.05, 4.69) is 69.3 Å². The van der Waals surface area contributed by atoms with Gasteiger partial charge >= 0.3 is 0 Å². The summed E-state index contributed by atoms with van der Waals surface area (Å²) in [7, 11) is 0. The Morgan fingerprint density at radius 3 is 1.88 bits per heavy atom. The largest absolute Gasteiger partial charge is 0.508 e. The quantitative estimate of drug-likeness (QED) is 0.314. The summed E-state index contributed by atoms with van der Waals surface area (Å²) in [6.07, 6.45) is 0. The molecule has 1 aromatic heterocycles. The van der Waals surface area contributed by atoms with Gasteiger partial charge in [0.1, 0.15) is 16.8 Å². The van der Waals surface area contributed by atoms with Gasteiger partial charge in [-0.2, -0.15) is 4.80 Å². The fraction of sp³-hybridized carbons (Fsp3) is 0.200. The van der Waals surface area contributed by atoms with Gasteiger partial charge in [-0.25, -0.2) is 0 Å². The highest BCUT2D eigenvalue weighted by atomic mass is 16.3. The predicted octanol–water partition coefficient (Wildman–Crippen LogP) is 7.05. The van der Waals surface area contributed by atoms with Crippen LogP contribution >= 0.6 is 0 Å². The molecule has 0 saturated heterocycles. The second kappa shape index (κ2) is 8.79. The maximum absolute atomic E-state index is 10.6. The van der Waals surface area contributed by atoms with E-state index in [1.165, 1.54) is 11.1 Å². The summed E-state index contributed by atoms with van der Waals surface area (Å²) >= 11 is 0. The van der Waals surface area contributed by atoms with Gasteiger partial charge in [-0.15, -0.1) is 10.2 Å². The van der Waals surface area contributed by atoms with Crippen molar-refractivity contribution in [1.29, 1.82) is 0 Å². The first-order valence-corrected chi connectivity index (χ1v) is 11.7. The molecule has 170 valence electrons. The van der Waals surface area contributed by atoms with Crippen LogP contribution in [-0.4, -0.2) is 20.1 Å².